The molecule has 3 N–H and O–H groups in total. The summed E-state index contributed by atoms with van der Waals surface area (Å²) in [4.78, 5) is 21.3. The second kappa shape index (κ2) is 6.08. The first-order chi connectivity index (χ1) is 8.47. The normalized spacial score (nSPS) is 13.7. The molecule has 98 valence electrons. The second-order valence-electron chi connectivity index (χ2n) is 3.57. The average molecular weight is 254 g/mol. The summed E-state index contributed by atoms with van der Waals surface area (Å²) in [6, 6.07) is 4.05. The zero-order chi connectivity index (χ0) is 13.7. The number of nitrogens with zero attached hydrogens (tertiary/aromatic N) is 1. The van der Waals surface area contributed by atoms with Crippen LogP contribution in [0.3, 0.4) is 0 Å². The highest BCUT2D eigenvalue weighted by molar-refractivity contribution is 5.76. The van der Waals surface area contributed by atoms with Crippen LogP contribution in [0.4, 0.5) is 5.69 Å². The van der Waals surface area contributed by atoms with E-state index in [4.69, 9.17) is 5.73 Å². The molecule has 0 radical (unpaired) electrons. The molecule has 7 heteroatoms. The number of nitro benzene ring substituents is 1. The number of hydrogen-bond acceptors (Lipinski definition) is 6. The van der Waals surface area contributed by atoms with Crippen molar-refractivity contribution in [1.29, 1.82) is 0 Å². The van der Waals surface area contributed by atoms with Gasteiger partial charge in [-0.1, -0.05) is 12.1 Å². The largest absolute Gasteiger partial charge is 0.465 e. The van der Waals surface area contributed by atoms with Crippen LogP contribution in [-0.4, -0.2) is 28.6 Å². The molecule has 0 fully saturated rings. The van der Waals surface area contributed by atoms with Gasteiger partial charge in [0.15, 0.2) is 0 Å². The minimum atomic E-state index is -1.34. The van der Waals surface area contributed by atoms with Gasteiger partial charge in [-0.3, -0.25) is 14.9 Å². The molecule has 2 atom stereocenters. The van der Waals surface area contributed by atoms with Gasteiger partial charge < -0.3 is 15.6 Å². The molecule has 0 saturated carbocycles. The molecular formula is C11H14N2O5. The molecule has 0 saturated heterocycles. The Bertz CT molecular complexity index is 449. The zero-order valence-electron chi connectivity index (χ0n) is 9.78. The Labute approximate surface area is 103 Å². The molecule has 0 amide bonds. The number of aliphatic hydroxyl groups excluding tert-OH is 1. The van der Waals surface area contributed by atoms with E-state index in [2.05, 4.69) is 4.74 Å². The summed E-state index contributed by atoms with van der Waals surface area (Å²) in [5.74, 6) is -0.753. The van der Waals surface area contributed by atoms with Gasteiger partial charge in [0.2, 0.25) is 0 Å². The number of hydrogen-bond donors (Lipinski definition) is 2. The van der Waals surface area contributed by atoms with E-state index in [0.717, 1.165) is 0 Å². The number of esters is 1. The summed E-state index contributed by atoms with van der Waals surface area (Å²) in [6.07, 6.45) is -1.34. The van der Waals surface area contributed by atoms with Crippen molar-refractivity contribution in [2.24, 2.45) is 5.73 Å². The fourth-order valence-corrected chi connectivity index (χ4v) is 1.40. The average Bonchev–Trinajstić information content (AvgIpc) is 2.37. The summed E-state index contributed by atoms with van der Waals surface area (Å²) < 4.78 is 4.67. The van der Waals surface area contributed by atoms with E-state index >= 15 is 0 Å². The first-order valence-corrected chi connectivity index (χ1v) is 5.32. The number of carbonyl (C=O) groups excluding carboxylic acids is 1. The predicted octanol–water partition coefficient (Wildman–Crippen LogP) is 0.519. The summed E-state index contributed by atoms with van der Waals surface area (Å²) >= 11 is 0. The summed E-state index contributed by atoms with van der Waals surface area (Å²) in [7, 11) is 0. The maximum Gasteiger partial charge on any atom is 0.325 e. The number of rotatable bonds is 5. The van der Waals surface area contributed by atoms with Crippen LogP contribution < -0.4 is 5.73 Å². The lowest BCUT2D eigenvalue weighted by molar-refractivity contribution is -0.385. The van der Waals surface area contributed by atoms with Crippen molar-refractivity contribution in [3.63, 3.8) is 0 Å². The maximum absolute atomic E-state index is 11.3. The molecule has 1 aromatic rings. The van der Waals surface area contributed by atoms with E-state index in [9.17, 15) is 20.0 Å². The third kappa shape index (κ3) is 3.25. The van der Waals surface area contributed by atoms with Crippen LogP contribution in [0.1, 0.15) is 18.6 Å². The minimum absolute atomic E-state index is 0.147. The van der Waals surface area contributed by atoms with E-state index < -0.39 is 23.0 Å². The van der Waals surface area contributed by atoms with Crippen molar-refractivity contribution < 1.29 is 19.6 Å². The van der Waals surface area contributed by atoms with E-state index in [0.29, 0.717) is 0 Å². The van der Waals surface area contributed by atoms with Gasteiger partial charge in [0.1, 0.15) is 12.1 Å². The molecule has 0 aliphatic heterocycles. The van der Waals surface area contributed by atoms with Gasteiger partial charge in [-0.15, -0.1) is 0 Å². The molecule has 7 nitrogen and oxygen atoms in total. The van der Waals surface area contributed by atoms with Crippen molar-refractivity contribution in [2.75, 3.05) is 6.61 Å². The standard InChI is InChI=1S/C11H14N2O5/c1-2-18-11(15)9(12)10(14)7-4-3-5-8(6-7)13(16)17/h3-6,9-10,14H,2,12H2,1H3/t9-,10+/m1/s1. The maximum atomic E-state index is 11.3. The molecule has 0 spiro atoms. The number of aliphatic hydroxyl groups is 1. The van der Waals surface area contributed by atoms with E-state index in [1.54, 1.807) is 6.92 Å². The van der Waals surface area contributed by atoms with Crippen molar-refractivity contribution in [3.8, 4) is 0 Å². The van der Waals surface area contributed by atoms with Crippen LogP contribution in [0.25, 0.3) is 0 Å². The number of ether oxygens (including phenoxy) is 1. The molecule has 0 heterocycles. The van der Waals surface area contributed by atoms with Gasteiger partial charge in [-0.2, -0.15) is 0 Å². The summed E-state index contributed by atoms with van der Waals surface area (Å²) in [5.41, 5.74) is 5.53. The fourth-order valence-electron chi connectivity index (χ4n) is 1.40. The minimum Gasteiger partial charge on any atom is -0.465 e. The molecule has 0 aliphatic rings. The SMILES string of the molecule is CCOC(=O)[C@H](N)[C@@H](O)c1cccc([N+](=O)[O-])c1. The fraction of sp³-hybridized carbons (Fsp3) is 0.364. The Kier molecular flexibility index (Phi) is 4.75. The summed E-state index contributed by atoms with van der Waals surface area (Å²) in [6.45, 7) is 1.76. The van der Waals surface area contributed by atoms with Gasteiger partial charge in [0, 0.05) is 12.1 Å². The molecule has 0 unspecified atom stereocenters. The first-order valence-electron chi connectivity index (χ1n) is 5.32. The van der Waals surface area contributed by atoms with E-state index in [1.807, 2.05) is 0 Å². The predicted molar refractivity (Wildman–Crippen MR) is 62.7 cm³/mol. The lowest BCUT2D eigenvalue weighted by Gasteiger charge is -2.17. The van der Waals surface area contributed by atoms with E-state index in [-0.39, 0.29) is 17.9 Å². The zero-order valence-corrected chi connectivity index (χ0v) is 9.78. The Morgan fingerprint density at radius 3 is 2.83 bits per heavy atom. The number of nitrogens with two attached hydrogens (primary N) is 1. The van der Waals surface area contributed by atoms with Crippen LogP contribution in [0.15, 0.2) is 24.3 Å². The van der Waals surface area contributed by atoms with Crippen molar-refractivity contribution in [3.05, 3.63) is 39.9 Å². The molecule has 0 bridgehead atoms. The van der Waals surface area contributed by atoms with Gasteiger partial charge in [0.25, 0.3) is 5.69 Å². The van der Waals surface area contributed by atoms with Crippen LogP contribution in [0, 0.1) is 10.1 Å². The number of nitro groups is 1. The molecule has 0 aliphatic carbocycles. The van der Waals surface area contributed by atoms with Crippen molar-refractivity contribution in [1.82, 2.24) is 0 Å². The lowest BCUT2D eigenvalue weighted by Crippen LogP contribution is -2.38. The van der Waals surface area contributed by atoms with Crippen LogP contribution >= 0.6 is 0 Å². The topological polar surface area (TPSA) is 116 Å². The highest BCUT2D eigenvalue weighted by Gasteiger charge is 2.26. The highest BCUT2D eigenvalue weighted by Crippen LogP contribution is 2.21. The van der Waals surface area contributed by atoms with Crippen molar-refractivity contribution in [2.45, 2.75) is 19.1 Å². The third-order valence-electron chi connectivity index (χ3n) is 2.32. The highest BCUT2D eigenvalue weighted by atomic mass is 16.6. The number of non-ortho nitro benzene ring substituents is 1. The quantitative estimate of drug-likeness (QED) is 0.449. The first kappa shape index (κ1) is 14.1. The lowest BCUT2D eigenvalue weighted by atomic mass is 10.0. The van der Waals surface area contributed by atoms with Gasteiger partial charge >= 0.3 is 5.97 Å². The van der Waals surface area contributed by atoms with Crippen LogP contribution in [0.5, 0.6) is 0 Å². The Hall–Kier alpha value is -1.99. The van der Waals surface area contributed by atoms with Crippen LogP contribution in [0.2, 0.25) is 0 Å². The van der Waals surface area contributed by atoms with Gasteiger partial charge in [0.05, 0.1) is 11.5 Å². The molecular weight excluding hydrogens is 240 g/mol. The number of carbonyl (C=O) groups is 1. The third-order valence-corrected chi connectivity index (χ3v) is 2.32. The summed E-state index contributed by atoms with van der Waals surface area (Å²) in [5, 5.41) is 20.4. The second-order valence-corrected chi connectivity index (χ2v) is 3.57. The Morgan fingerprint density at radius 2 is 2.28 bits per heavy atom. The van der Waals surface area contributed by atoms with E-state index in [1.165, 1.54) is 24.3 Å². The molecule has 18 heavy (non-hydrogen) atoms. The monoisotopic (exact) mass is 254 g/mol. The van der Waals surface area contributed by atoms with Gasteiger partial charge in [-0.05, 0) is 12.5 Å². The Morgan fingerprint density at radius 1 is 1.61 bits per heavy atom. The van der Waals surface area contributed by atoms with Crippen LogP contribution in [-0.2, 0) is 9.53 Å². The number of benzene rings is 1. The Balaban J connectivity index is 2.89. The van der Waals surface area contributed by atoms with Crippen molar-refractivity contribution >= 4 is 11.7 Å². The smallest absolute Gasteiger partial charge is 0.325 e. The molecule has 1 rings (SSSR count). The molecule has 0 aromatic heterocycles. The van der Waals surface area contributed by atoms with Gasteiger partial charge in [-0.25, -0.2) is 0 Å². The molecule has 1 aromatic carbocycles.